The Morgan fingerprint density at radius 2 is 1.75 bits per heavy atom. The van der Waals surface area contributed by atoms with Gasteiger partial charge in [0.05, 0.1) is 0 Å². The van der Waals surface area contributed by atoms with E-state index >= 15 is 0 Å². The third kappa shape index (κ3) is 3.88. The molecule has 0 bridgehead atoms. The molecule has 1 saturated heterocycles. The zero-order valence-electron chi connectivity index (χ0n) is 16.1. The number of rotatable bonds is 4. The van der Waals surface area contributed by atoms with Crippen LogP contribution in [0, 0.1) is 13.8 Å². The van der Waals surface area contributed by atoms with Gasteiger partial charge in [0.15, 0.2) is 0 Å². The summed E-state index contributed by atoms with van der Waals surface area (Å²) < 4.78 is 5.51. The topological polar surface area (TPSA) is 59.2 Å². The predicted octanol–water partition coefficient (Wildman–Crippen LogP) is 4.73. The van der Waals surface area contributed by atoms with Crippen molar-refractivity contribution in [2.75, 3.05) is 6.54 Å². The molecule has 1 aromatic heterocycles. The van der Waals surface area contributed by atoms with Gasteiger partial charge in [0, 0.05) is 18.2 Å². The second-order valence-corrected chi connectivity index (χ2v) is 7.26. The summed E-state index contributed by atoms with van der Waals surface area (Å²) in [6, 6.07) is 15.9. The van der Waals surface area contributed by atoms with Crippen molar-refractivity contribution in [2.24, 2.45) is 0 Å². The zero-order chi connectivity index (χ0) is 19.5. The molecule has 142 valence electrons. The molecule has 0 aliphatic carbocycles. The smallest absolute Gasteiger partial charge is 0.249 e. The van der Waals surface area contributed by atoms with E-state index in [1.165, 1.54) is 11.1 Å². The van der Waals surface area contributed by atoms with Crippen LogP contribution in [-0.4, -0.2) is 27.5 Å². The number of aryl methyl sites for hydroxylation is 2. The third-order valence-corrected chi connectivity index (χ3v) is 5.07. The minimum atomic E-state index is -0.165. The first-order chi connectivity index (χ1) is 13.6. The van der Waals surface area contributed by atoms with Gasteiger partial charge in [-0.25, -0.2) is 0 Å². The van der Waals surface area contributed by atoms with Crippen LogP contribution >= 0.6 is 0 Å². The van der Waals surface area contributed by atoms with Crippen LogP contribution in [0.2, 0.25) is 0 Å². The molecular weight excluding hydrogens is 350 g/mol. The maximum atomic E-state index is 12.7. The monoisotopic (exact) mass is 373 g/mol. The normalized spacial score (nSPS) is 16.8. The number of hydrogen-bond donors (Lipinski definition) is 0. The fourth-order valence-corrected chi connectivity index (χ4v) is 3.42. The number of likely N-dealkylation sites (tertiary alicyclic amines) is 1. The lowest BCUT2D eigenvalue weighted by Gasteiger charge is -2.20. The number of amides is 1. The van der Waals surface area contributed by atoms with E-state index in [0.717, 1.165) is 24.0 Å². The van der Waals surface area contributed by atoms with Gasteiger partial charge >= 0.3 is 0 Å². The van der Waals surface area contributed by atoms with Gasteiger partial charge in [-0.3, -0.25) is 4.79 Å². The Kier molecular flexibility index (Phi) is 5.06. The summed E-state index contributed by atoms with van der Waals surface area (Å²) in [5.41, 5.74) is 4.30. The number of carbonyl (C=O) groups excluding carboxylic acids is 1. The molecular formula is C23H23N3O2. The van der Waals surface area contributed by atoms with E-state index in [0.29, 0.717) is 18.3 Å². The Morgan fingerprint density at radius 1 is 1.07 bits per heavy atom. The molecule has 0 N–H and O–H groups in total. The Labute approximate surface area is 164 Å². The van der Waals surface area contributed by atoms with Crippen molar-refractivity contribution in [3.8, 4) is 11.4 Å². The average molecular weight is 373 g/mol. The Bertz CT molecular complexity index is 987. The molecule has 1 fully saturated rings. The molecule has 5 heteroatoms. The molecule has 1 aliphatic heterocycles. The quantitative estimate of drug-likeness (QED) is 0.620. The van der Waals surface area contributed by atoms with Gasteiger partial charge in [-0.05, 0) is 38.3 Å². The SMILES string of the molecule is Cc1ccc(/C=C/C(=O)N2CCC[C@@H]2c2nc(-c3ccc(C)cc3)no2)cc1. The molecule has 28 heavy (non-hydrogen) atoms. The number of benzene rings is 2. The highest BCUT2D eigenvalue weighted by atomic mass is 16.5. The van der Waals surface area contributed by atoms with Gasteiger partial charge in [0.25, 0.3) is 0 Å². The molecule has 5 nitrogen and oxygen atoms in total. The van der Waals surface area contributed by atoms with Crippen molar-refractivity contribution in [3.05, 3.63) is 77.2 Å². The molecule has 1 aliphatic rings. The van der Waals surface area contributed by atoms with Crippen molar-refractivity contribution < 1.29 is 9.32 Å². The lowest BCUT2D eigenvalue weighted by molar-refractivity contribution is -0.127. The number of nitrogens with zero attached hydrogens (tertiary/aromatic N) is 3. The van der Waals surface area contributed by atoms with Crippen molar-refractivity contribution in [1.82, 2.24) is 15.0 Å². The summed E-state index contributed by atoms with van der Waals surface area (Å²) in [6.45, 7) is 4.78. The summed E-state index contributed by atoms with van der Waals surface area (Å²) in [7, 11) is 0. The molecule has 0 unspecified atom stereocenters. The van der Waals surface area contributed by atoms with Crippen LogP contribution in [0.1, 0.15) is 41.5 Å². The van der Waals surface area contributed by atoms with Crippen LogP contribution in [0.3, 0.4) is 0 Å². The fourth-order valence-electron chi connectivity index (χ4n) is 3.42. The van der Waals surface area contributed by atoms with Crippen molar-refractivity contribution in [1.29, 1.82) is 0 Å². The summed E-state index contributed by atoms with van der Waals surface area (Å²) in [4.78, 5) is 19.1. The van der Waals surface area contributed by atoms with E-state index in [9.17, 15) is 4.79 Å². The van der Waals surface area contributed by atoms with Crippen LogP contribution in [0.25, 0.3) is 17.5 Å². The van der Waals surface area contributed by atoms with Gasteiger partial charge < -0.3 is 9.42 Å². The standard InChI is InChI=1S/C23H23N3O2/c1-16-5-9-18(10-6-16)11-14-21(27)26-15-3-4-20(26)23-24-22(25-28-23)19-12-7-17(2)8-13-19/h5-14,20H,3-4,15H2,1-2H3/b14-11+/t20-/m1/s1. The second-order valence-electron chi connectivity index (χ2n) is 7.26. The summed E-state index contributed by atoms with van der Waals surface area (Å²) in [5, 5.41) is 4.11. The Hall–Kier alpha value is -3.21. The number of hydrogen-bond acceptors (Lipinski definition) is 4. The van der Waals surface area contributed by atoms with E-state index in [1.807, 2.05) is 73.4 Å². The summed E-state index contributed by atoms with van der Waals surface area (Å²) >= 11 is 0. The fraction of sp³-hybridized carbons (Fsp3) is 0.261. The van der Waals surface area contributed by atoms with Crippen LogP contribution in [-0.2, 0) is 4.79 Å². The molecule has 3 aromatic rings. The van der Waals surface area contributed by atoms with Crippen molar-refractivity contribution >= 4 is 12.0 Å². The molecule has 0 saturated carbocycles. The van der Waals surface area contributed by atoms with Crippen LogP contribution in [0.4, 0.5) is 0 Å². The maximum Gasteiger partial charge on any atom is 0.249 e. The molecule has 2 aromatic carbocycles. The van der Waals surface area contributed by atoms with Crippen LogP contribution < -0.4 is 0 Å². The molecule has 4 rings (SSSR count). The van der Waals surface area contributed by atoms with Crippen molar-refractivity contribution in [3.63, 3.8) is 0 Å². The van der Waals surface area contributed by atoms with Crippen LogP contribution in [0.15, 0.2) is 59.1 Å². The third-order valence-electron chi connectivity index (χ3n) is 5.07. The number of aromatic nitrogens is 2. The molecule has 0 radical (unpaired) electrons. The molecule has 2 heterocycles. The zero-order valence-corrected chi connectivity index (χ0v) is 16.1. The van der Waals surface area contributed by atoms with E-state index in [2.05, 4.69) is 10.1 Å². The van der Waals surface area contributed by atoms with Crippen LogP contribution in [0.5, 0.6) is 0 Å². The van der Waals surface area contributed by atoms with E-state index in [4.69, 9.17) is 4.52 Å². The van der Waals surface area contributed by atoms with Gasteiger partial charge in [-0.2, -0.15) is 4.98 Å². The van der Waals surface area contributed by atoms with Gasteiger partial charge in [-0.1, -0.05) is 64.8 Å². The first kappa shape index (κ1) is 18.2. The Balaban J connectivity index is 1.49. The molecule has 0 spiro atoms. The minimum absolute atomic E-state index is 0.0295. The highest BCUT2D eigenvalue weighted by Crippen LogP contribution is 2.32. The first-order valence-corrected chi connectivity index (χ1v) is 9.56. The highest BCUT2D eigenvalue weighted by molar-refractivity contribution is 5.92. The van der Waals surface area contributed by atoms with Gasteiger partial charge in [-0.15, -0.1) is 0 Å². The van der Waals surface area contributed by atoms with Gasteiger partial charge in [0.1, 0.15) is 6.04 Å². The average Bonchev–Trinajstić information content (AvgIpc) is 3.37. The highest BCUT2D eigenvalue weighted by Gasteiger charge is 2.33. The lowest BCUT2D eigenvalue weighted by Crippen LogP contribution is -2.29. The van der Waals surface area contributed by atoms with E-state index in [-0.39, 0.29) is 11.9 Å². The largest absolute Gasteiger partial charge is 0.337 e. The number of carbonyl (C=O) groups is 1. The molecule has 1 amide bonds. The Morgan fingerprint density at radius 3 is 2.46 bits per heavy atom. The second kappa shape index (κ2) is 7.80. The summed E-state index contributed by atoms with van der Waals surface area (Å²) in [6.07, 6.45) is 5.24. The minimum Gasteiger partial charge on any atom is -0.337 e. The lowest BCUT2D eigenvalue weighted by atomic mass is 10.1. The van der Waals surface area contributed by atoms with E-state index < -0.39 is 0 Å². The maximum absolute atomic E-state index is 12.7. The van der Waals surface area contributed by atoms with E-state index in [1.54, 1.807) is 6.08 Å². The van der Waals surface area contributed by atoms with Crippen molar-refractivity contribution in [2.45, 2.75) is 32.7 Å². The molecule has 1 atom stereocenters. The predicted molar refractivity (Wildman–Crippen MR) is 108 cm³/mol. The first-order valence-electron chi connectivity index (χ1n) is 9.56. The summed E-state index contributed by atoms with van der Waals surface area (Å²) in [5.74, 6) is 1.04. The van der Waals surface area contributed by atoms with Gasteiger partial charge in [0.2, 0.25) is 17.6 Å².